The Bertz CT molecular complexity index is 858. The van der Waals surface area contributed by atoms with Crippen LogP contribution in [-0.2, 0) is 0 Å². The lowest BCUT2D eigenvalue weighted by molar-refractivity contribution is 0.0942. The van der Waals surface area contributed by atoms with Gasteiger partial charge < -0.3 is 20.3 Å². The summed E-state index contributed by atoms with van der Waals surface area (Å²) in [5.41, 5.74) is 2.51. The van der Waals surface area contributed by atoms with Crippen LogP contribution in [0.3, 0.4) is 0 Å². The van der Waals surface area contributed by atoms with Crippen LogP contribution in [0.15, 0.2) is 42.5 Å². The molecule has 2 aromatic carbocycles. The van der Waals surface area contributed by atoms with E-state index in [1.807, 2.05) is 32.0 Å². The standard InChI is InChI=1S/C22H27N3O3/c1-15(2)23-22(27)18-14-16(10-11-19(18)25-12-6-7-13-25)24-21(26)17-8-4-5-9-20(17)28-3/h4-5,8-11,14-15H,6-7,12-13H2,1-3H3,(H,23,27)(H,24,26). The molecule has 1 heterocycles. The fraction of sp³-hybridized carbons (Fsp3) is 0.364. The zero-order chi connectivity index (χ0) is 20.1. The van der Waals surface area contributed by atoms with Gasteiger partial charge in [0.25, 0.3) is 11.8 Å². The normalized spacial score (nSPS) is 13.5. The number of nitrogens with one attached hydrogen (secondary N) is 2. The van der Waals surface area contributed by atoms with Gasteiger partial charge in [-0.25, -0.2) is 0 Å². The molecule has 0 atom stereocenters. The van der Waals surface area contributed by atoms with Crippen molar-refractivity contribution in [2.45, 2.75) is 32.7 Å². The number of hydrogen-bond acceptors (Lipinski definition) is 4. The number of carbonyl (C=O) groups excluding carboxylic acids is 2. The van der Waals surface area contributed by atoms with Crippen LogP contribution in [0.2, 0.25) is 0 Å². The molecule has 28 heavy (non-hydrogen) atoms. The van der Waals surface area contributed by atoms with Gasteiger partial charge in [-0.15, -0.1) is 0 Å². The van der Waals surface area contributed by atoms with Crippen molar-refractivity contribution in [1.29, 1.82) is 0 Å². The number of para-hydroxylation sites is 1. The maximum Gasteiger partial charge on any atom is 0.259 e. The molecule has 1 aliphatic rings. The van der Waals surface area contributed by atoms with Crippen molar-refractivity contribution in [3.63, 3.8) is 0 Å². The second-order valence-corrected chi connectivity index (χ2v) is 7.21. The van der Waals surface area contributed by atoms with E-state index in [-0.39, 0.29) is 17.9 Å². The van der Waals surface area contributed by atoms with Gasteiger partial charge in [-0.2, -0.15) is 0 Å². The highest BCUT2D eigenvalue weighted by Crippen LogP contribution is 2.28. The van der Waals surface area contributed by atoms with Crippen LogP contribution >= 0.6 is 0 Å². The van der Waals surface area contributed by atoms with Gasteiger partial charge in [0.05, 0.1) is 18.2 Å². The highest BCUT2D eigenvalue weighted by Gasteiger charge is 2.21. The molecule has 6 nitrogen and oxygen atoms in total. The van der Waals surface area contributed by atoms with Crippen molar-refractivity contribution < 1.29 is 14.3 Å². The minimum absolute atomic E-state index is 0.0331. The maximum absolute atomic E-state index is 12.8. The van der Waals surface area contributed by atoms with Gasteiger partial charge in [-0.1, -0.05) is 12.1 Å². The lowest BCUT2D eigenvalue weighted by Gasteiger charge is -2.22. The van der Waals surface area contributed by atoms with Crippen molar-refractivity contribution >= 4 is 23.2 Å². The first kappa shape index (κ1) is 19.7. The van der Waals surface area contributed by atoms with Crippen LogP contribution in [0.1, 0.15) is 47.4 Å². The monoisotopic (exact) mass is 381 g/mol. The van der Waals surface area contributed by atoms with E-state index in [4.69, 9.17) is 4.74 Å². The Balaban J connectivity index is 1.89. The number of anilines is 2. The summed E-state index contributed by atoms with van der Waals surface area (Å²) in [6.45, 7) is 5.74. The minimum Gasteiger partial charge on any atom is -0.496 e. The van der Waals surface area contributed by atoms with E-state index < -0.39 is 0 Å². The average molecular weight is 381 g/mol. The van der Waals surface area contributed by atoms with Crippen molar-refractivity contribution in [1.82, 2.24) is 5.32 Å². The number of hydrogen-bond donors (Lipinski definition) is 2. The molecule has 0 saturated carbocycles. The van der Waals surface area contributed by atoms with Crippen molar-refractivity contribution in [3.05, 3.63) is 53.6 Å². The SMILES string of the molecule is COc1ccccc1C(=O)Nc1ccc(N2CCCC2)c(C(=O)NC(C)C)c1. The summed E-state index contributed by atoms with van der Waals surface area (Å²) in [4.78, 5) is 27.7. The highest BCUT2D eigenvalue weighted by molar-refractivity contribution is 6.07. The summed E-state index contributed by atoms with van der Waals surface area (Å²) in [7, 11) is 1.53. The van der Waals surface area contributed by atoms with E-state index >= 15 is 0 Å². The smallest absolute Gasteiger partial charge is 0.259 e. The Morgan fingerprint density at radius 2 is 1.71 bits per heavy atom. The van der Waals surface area contributed by atoms with Gasteiger partial charge in [0.2, 0.25) is 0 Å². The third kappa shape index (κ3) is 4.44. The maximum atomic E-state index is 12.8. The number of benzene rings is 2. The number of ether oxygens (including phenoxy) is 1. The van der Waals surface area contributed by atoms with Crippen LogP contribution < -0.4 is 20.3 Å². The number of amides is 2. The lowest BCUT2D eigenvalue weighted by atomic mass is 10.1. The molecule has 1 saturated heterocycles. The summed E-state index contributed by atoms with van der Waals surface area (Å²) in [5.74, 6) is 0.0957. The summed E-state index contributed by atoms with van der Waals surface area (Å²) in [6, 6.07) is 12.6. The molecule has 148 valence electrons. The molecule has 1 fully saturated rings. The summed E-state index contributed by atoms with van der Waals surface area (Å²) in [5, 5.41) is 5.84. The number of methoxy groups -OCH3 is 1. The predicted octanol–water partition coefficient (Wildman–Crippen LogP) is 3.69. The summed E-state index contributed by atoms with van der Waals surface area (Å²) >= 11 is 0. The summed E-state index contributed by atoms with van der Waals surface area (Å²) < 4.78 is 5.26. The zero-order valence-corrected chi connectivity index (χ0v) is 16.6. The van der Waals surface area contributed by atoms with E-state index in [2.05, 4.69) is 15.5 Å². The van der Waals surface area contributed by atoms with Crippen LogP contribution in [0.5, 0.6) is 5.75 Å². The molecular formula is C22H27N3O3. The predicted molar refractivity (Wildman–Crippen MR) is 111 cm³/mol. The first-order valence-electron chi connectivity index (χ1n) is 9.64. The van der Waals surface area contributed by atoms with Crippen LogP contribution in [0.4, 0.5) is 11.4 Å². The van der Waals surface area contributed by atoms with Crippen LogP contribution in [-0.4, -0.2) is 38.1 Å². The minimum atomic E-state index is -0.276. The van der Waals surface area contributed by atoms with E-state index in [0.29, 0.717) is 22.6 Å². The average Bonchev–Trinajstić information content (AvgIpc) is 3.22. The third-order valence-corrected chi connectivity index (χ3v) is 4.72. The van der Waals surface area contributed by atoms with Gasteiger partial charge in [0.15, 0.2) is 0 Å². The number of nitrogens with zero attached hydrogens (tertiary/aromatic N) is 1. The van der Waals surface area contributed by atoms with Crippen LogP contribution in [0.25, 0.3) is 0 Å². The molecule has 0 aromatic heterocycles. The molecule has 2 aromatic rings. The van der Waals surface area contributed by atoms with E-state index in [1.165, 1.54) is 7.11 Å². The molecule has 1 aliphatic heterocycles. The Morgan fingerprint density at radius 3 is 2.39 bits per heavy atom. The van der Waals surface area contributed by atoms with Gasteiger partial charge in [-0.3, -0.25) is 9.59 Å². The molecular weight excluding hydrogens is 354 g/mol. The Labute approximate surface area is 165 Å². The van der Waals surface area contributed by atoms with Gasteiger partial charge in [0.1, 0.15) is 5.75 Å². The molecule has 0 radical (unpaired) electrons. The van der Waals surface area contributed by atoms with E-state index in [1.54, 1.807) is 24.3 Å². The molecule has 6 heteroatoms. The quantitative estimate of drug-likeness (QED) is 0.801. The fourth-order valence-corrected chi connectivity index (χ4v) is 3.40. The zero-order valence-electron chi connectivity index (χ0n) is 16.6. The first-order chi connectivity index (χ1) is 13.5. The highest BCUT2D eigenvalue weighted by atomic mass is 16.5. The van der Waals surface area contributed by atoms with Crippen molar-refractivity contribution in [2.75, 3.05) is 30.4 Å². The Hall–Kier alpha value is -3.02. The van der Waals surface area contributed by atoms with E-state index in [0.717, 1.165) is 31.6 Å². The van der Waals surface area contributed by atoms with Gasteiger partial charge >= 0.3 is 0 Å². The van der Waals surface area contributed by atoms with Crippen LogP contribution in [0, 0.1) is 0 Å². The largest absolute Gasteiger partial charge is 0.496 e. The molecule has 2 N–H and O–H groups in total. The molecule has 0 spiro atoms. The Morgan fingerprint density at radius 1 is 1.00 bits per heavy atom. The molecule has 0 unspecified atom stereocenters. The fourth-order valence-electron chi connectivity index (χ4n) is 3.40. The Kier molecular flexibility index (Phi) is 6.19. The van der Waals surface area contributed by atoms with Crippen molar-refractivity contribution in [2.24, 2.45) is 0 Å². The molecule has 0 aliphatic carbocycles. The second-order valence-electron chi connectivity index (χ2n) is 7.21. The second kappa shape index (κ2) is 8.78. The molecule has 0 bridgehead atoms. The molecule has 3 rings (SSSR count). The third-order valence-electron chi connectivity index (χ3n) is 4.72. The van der Waals surface area contributed by atoms with Gasteiger partial charge in [-0.05, 0) is 57.0 Å². The number of carbonyl (C=O) groups is 2. The number of rotatable bonds is 6. The van der Waals surface area contributed by atoms with E-state index in [9.17, 15) is 9.59 Å². The molecule has 2 amide bonds. The van der Waals surface area contributed by atoms with Crippen molar-refractivity contribution in [3.8, 4) is 5.75 Å². The first-order valence-corrected chi connectivity index (χ1v) is 9.64. The van der Waals surface area contributed by atoms with Gasteiger partial charge in [0, 0.05) is 30.5 Å². The lowest BCUT2D eigenvalue weighted by Crippen LogP contribution is -2.32. The summed E-state index contributed by atoms with van der Waals surface area (Å²) in [6.07, 6.45) is 2.25. The topological polar surface area (TPSA) is 70.7 Å².